The number of carbonyl (C=O) groups excluding carboxylic acids is 4. The molecule has 0 amide bonds. The first-order chi connectivity index (χ1) is 42.8. The van der Waals surface area contributed by atoms with Crippen molar-refractivity contribution in [3.8, 4) is 0 Å². The fraction of sp³-hybridized carbons (Fsp3) is 0.946. The number of unbranched alkanes of at least 4 members (excludes halogenated alkanes) is 36. The first-order valence-corrected chi connectivity index (χ1v) is 39.4. The van der Waals surface area contributed by atoms with E-state index in [1.54, 1.807) is 0 Å². The third-order valence-electron chi connectivity index (χ3n) is 18.1. The van der Waals surface area contributed by atoms with Gasteiger partial charge in [-0.1, -0.05) is 259 Å². The van der Waals surface area contributed by atoms with Crippen molar-refractivity contribution < 1.29 is 55.6 Å². The van der Waals surface area contributed by atoms with Gasteiger partial charge in [0.05, 0.1) is 32.4 Å². The molecule has 0 aromatic heterocycles. The van der Waals surface area contributed by atoms with Crippen LogP contribution >= 0.6 is 0 Å². The summed E-state index contributed by atoms with van der Waals surface area (Å²) in [7, 11) is -2.00. The molecule has 0 fully saturated rings. The van der Waals surface area contributed by atoms with E-state index in [1.807, 2.05) is 0 Å². The van der Waals surface area contributed by atoms with Gasteiger partial charge in [0.2, 0.25) is 0 Å². The first kappa shape index (κ1) is 86.7. The summed E-state index contributed by atoms with van der Waals surface area (Å²) < 4.78 is 59.1. The quantitative estimate of drug-likeness (QED) is 0.0201. The second-order valence-corrected chi connectivity index (χ2v) is 29.0. The van der Waals surface area contributed by atoms with Crippen LogP contribution in [0.4, 0.5) is 0 Å². The van der Waals surface area contributed by atoms with Crippen molar-refractivity contribution in [2.75, 3.05) is 71.7 Å². The summed E-state index contributed by atoms with van der Waals surface area (Å²) in [6.07, 6.45) is 52.4. The average molecular weight is 1290 g/mol. The Morgan fingerprint density at radius 2 is 0.517 bits per heavy atom. The van der Waals surface area contributed by atoms with Crippen molar-refractivity contribution >= 4 is 34.0 Å². The molecular formula is C74H146N3O11S+. The molecule has 4 unspecified atom stereocenters. The second-order valence-electron chi connectivity index (χ2n) is 27.5. The van der Waals surface area contributed by atoms with Crippen molar-refractivity contribution in [2.45, 2.75) is 382 Å². The Kier molecular flexibility index (Phi) is 59.0. The van der Waals surface area contributed by atoms with Gasteiger partial charge in [0.25, 0.3) is 10.1 Å². The third-order valence-corrected chi connectivity index (χ3v) is 18.9. The molecule has 4 atom stereocenters. The molecule has 0 aromatic carbocycles. The van der Waals surface area contributed by atoms with Gasteiger partial charge in [-0.15, -0.1) is 0 Å². The number of quaternary nitrogens is 1. The van der Waals surface area contributed by atoms with Crippen molar-refractivity contribution in [1.82, 2.24) is 9.80 Å². The lowest BCUT2D eigenvalue weighted by molar-refractivity contribution is -0.909. The summed E-state index contributed by atoms with van der Waals surface area (Å²) in [5.74, 6) is -1.50. The van der Waals surface area contributed by atoms with Gasteiger partial charge < -0.3 is 23.4 Å². The molecule has 0 heterocycles. The van der Waals surface area contributed by atoms with Crippen LogP contribution in [-0.2, 0) is 48.2 Å². The highest BCUT2D eigenvalue weighted by Gasteiger charge is 2.28. The number of rotatable bonds is 68. The van der Waals surface area contributed by atoms with Crippen LogP contribution in [0.3, 0.4) is 0 Å². The van der Waals surface area contributed by atoms with Gasteiger partial charge in [-0.2, -0.15) is 8.42 Å². The summed E-state index contributed by atoms with van der Waals surface area (Å²) in [4.78, 5) is 55.5. The van der Waals surface area contributed by atoms with Gasteiger partial charge in [0.1, 0.15) is 24.4 Å². The van der Waals surface area contributed by atoms with Gasteiger partial charge in [-0.3, -0.25) is 33.5 Å². The van der Waals surface area contributed by atoms with Gasteiger partial charge in [-0.05, 0) is 51.4 Å². The molecule has 0 aliphatic rings. The van der Waals surface area contributed by atoms with E-state index in [4.69, 9.17) is 18.9 Å². The molecule has 1 N–H and O–H groups in total. The molecule has 0 rings (SSSR count). The Labute approximate surface area is 550 Å². The van der Waals surface area contributed by atoms with E-state index >= 15 is 0 Å². The van der Waals surface area contributed by atoms with Crippen LogP contribution < -0.4 is 0 Å². The Morgan fingerprint density at radius 3 is 0.708 bits per heavy atom. The molecule has 0 aliphatic carbocycles. The van der Waals surface area contributed by atoms with Gasteiger partial charge in [0, 0.05) is 86.2 Å². The fourth-order valence-corrected chi connectivity index (χ4v) is 13.6. The number of nitrogens with zero attached hydrogens (tertiary/aromatic N) is 3. The van der Waals surface area contributed by atoms with Gasteiger partial charge in [0.15, 0.2) is 0 Å². The SMILES string of the molecule is CCCCCCCCCCCCC(CN(CCC[N+](C)(CCCN(CC(CCCCCCCCCCCC)OC(C)=O)CC(CCCCCCCCCCCC)OC(C)=O)CCCS(=O)(=O)O)CC(CCCCCCCCCCCC)OC(C)=O)OC(C)=O. The van der Waals surface area contributed by atoms with E-state index in [1.165, 1.54) is 233 Å². The van der Waals surface area contributed by atoms with Crippen molar-refractivity contribution in [2.24, 2.45) is 0 Å². The largest absolute Gasteiger partial charge is 0.461 e. The molecule has 0 aromatic rings. The molecule has 0 aliphatic heterocycles. The molecule has 0 saturated carbocycles. The lowest BCUT2D eigenvalue weighted by Crippen LogP contribution is -2.49. The molecule has 14 nitrogen and oxygen atoms in total. The number of hydrogen-bond acceptors (Lipinski definition) is 12. The number of hydrogen-bond donors (Lipinski definition) is 1. The zero-order valence-corrected chi connectivity index (χ0v) is 60.7. The first-order valence-electron chi connectivity index (χ1n) is 37.8. The molecule has 0 spiro atoms. The van der Waals surface area contributed by atoms with Crippen LogP contribution in [0.15, 0.2) is 0 Å². The number of ether oxygens (including phenoxy) is 4. The lowest BCUT2D eigenvalue weighted by Gasteiger charge is -2.37. The topological polar surface area (TPSA) is 166 Å². The maximum Gasteiger partial charge on any atom is 0.302 e. The maximum atomic E-state index is 12.7. The van der Waals surface area contributed by atoms with Crippen molar-refractivity contribution in [3.05, 3.63) is 0 Å². The molecular weight excluding hydrogens is 1140 g/mol. The predicted octanol–water partition coefficient (Wildman–Crippen LogP) is 19.1. The van der Waals surface area contributed by atoms with Crippen molar-refractivity contribution in [3.63, 3.8) is 0 Å². The maximum absolute atomic E-state index is 12.7. The minimum absolute atomic E-state index is 0.294. The minimum atomic E-state index is -4.18. The van der Waals surface area contributed by atoms with E-state index in [9.17, 15) is 32.1 Å². The van der Waals surface area contributed by atoms with E-state index in [0.29, 0.717) is 56.7 Å². The second kappa shape index (κ2) is 60.6. The van der Waals surface area contributed by atoms with Crippen molar-refractivity contribution in [1.29, 1.82) is 0 Å². The lowest BCUT2D eigenvalue weighted by atomic mass is 10.0. The van der Waals surface area contributed by atoms with Gasteiger partial charge in [-0.25, -0.2) is 0 Å². The molecule has 0 saturated heterocycles. The summed E-state index contributed by atoms with van der Waals surface area (Å²) in [5, 5.41) is 0. The fourth-order valence-electron chi connectivity index (χ4n) is 13.1. The molecule has 528 valence electrons. The summed E-state index contributed by atoms with van der Waals surface area (Å²) in [5.41, 5.74) is 0. The highest BCUT2D eigenvalue weighted by Crippen LogP contribution is 2.22. The molecule has 0 bridgehead atoms. The van der Waals surface area contributed by atoms with Crippen LogP contribution in [0, 0.1) is 0 Å². The summed E-state index contributed by atoms with van der Waals surface area (Å²) >= 11 is 0. The number of esters is 4. The molecule has 15 heteroatoms. The Morgan fingerprint density at radius 1 is 0.326 bits per heavy atom. The molecule has 0 radical (unpaired) electrons. The van der Waals surface area contributed by atoms with E-state index in [0.717, 1.165) is 103 Å². The summed E-state index contributed by atoms with van der Waals surface area (Å²) in [6.45, 7) is 20.4. The monoisotopic (exact) mass is 1290 g/mol. The smallest absolute Gasteiger partial charge is 0.302 e. The third kappa shape index (κ3) is 60.4. The standard InChI is InChI=1S/C74H145N3O11S/c1-10-14-18-22-26-30-34-38-42-46-53-71(85-67(5)78)63-75(64-72(86-68(6)79)54-47-43-39-35-31-27-23-19-15-11-2)57-50-59-77(9,61-52-62-89(82,83)84)60-51-58-76(65-73(87-69(7)80)55-48-44-40-36-32-28-24-20-16-12-3)66-74(88-70(8)81)56-49-45-41-37-33-29-25-21-17-13-4/h71-74H,10-66H2,1-9H3/p+1. The Bertz CT molecular complexity index is 1560. The number of carbonyl (C=O) groups is 4. The highest BCUT2D eigenvalue weighted by molar-refractivity contribution is 7.85. The zero-order valence-electron chi connectivity index (χ0n) is 59.9. The van der Waals surface area contributed by atoms with Crippen LogP contribution in [0.25, 0.3) is 0 Å². The Balaban J connectivity index is 6.68. The van der Waals surface area contributed by atoms with Crippen LogP contribution in [0.5, 0.6) is 0 Å². The normalized spacial score (nSPS) is 14.0. The van der Waals surface area contributed by atoms with Crippen LogP contribution in [0.1, 0.15) is 357 Å². The van der Waals surface area contributed by atoms with E-state index in [2.05, 4.69) is 44.5 Å². The average Bonchev–Trinajstić information content (AvgIpc) is 3.59. The van der Waals surface area contributed by atoms with E-state index < -0.39 is 10.1 Å². The highest BCUT2D eigenvalue weighted by atomic mass is 32.2. The minimum Gasteiger partial charge on any atom is -0.461 e. The Hall–Kier alpha value is -2.33. The predicted molar refractivity (Wildman–Crippen MR) is 372 cm³/mol. The zero-order chi connectivity index (χ0) is 65.9. The van der Waals surface area contributed by atoms with Crippen LogP contribution in [-0.4, -0.2) is 147 Å². The van der Waals surface area contributed by atoms with E-state index in [-0.39, 0.29) is 54.0 Å². The summed E-state index contributed by atoms with van der Waals surface area (Å²) in [6, 6.07) is 0. The van der Waals surface area contributed by atoms with Crippen LogP contribution in [0.2, 0.25) is 0 Å². The molecule has 89 heavy (non-hydrogen) atoms. The van der Waals surface area contributed by atoms with Gasteiger partial charge >= 0.3 is 23.9 Å².